The SMILES string of the molecule is ClC1=C(Br)C=NC=[C+]1. The quantitative estimate of drug-likeness (QED) is 0.521. The molecule has 0 atom stereocenters. The van der Waals surface area contributed by atoms with Crippen molar-refractivity contribution in [1.29, 1.82) is 0 Å². The van der Waals surface area contributed by atoms with E-state index in [1.807, 2.05) is 0 Å². The van der Waals surface area contributed by atoms with Crippen LogP contribution in [0.3, 0.4) is 0 Å². The molecule has 0 aromatic heterocycles. The van der Waals surface area contributed by atoms with Crippen molar-refractivity contribution in [2.45, 2.75) is 0 Å². The molecule has 0 fully saturated rings. The predicted molar refractivity (Wildman–Crippen MR) is 38.1 cm³/mol. The van der Waals surface area contributed by atoms with Crippen molar-refractivity contribution in [3.63, 3.8) is 0 Å². The Balaban J connectivity index is 2.97. The van der Waals surface area contributed by atoms with E-state index in [0.29, 0.717) is 5.03 Å². The highest BCUT2D eigenvalue weighted by molar-refractivity contribution is 9.12. The van der Waals surface area contributed by atoms with Crippen LogP contribution in [0.4, 0.5) is 0 Å². The Morgan fingerprint density at radius 1 is 1.75 bits per heavy atom. The maximum Gasteiger partial charge on any atom is 0.280 e. The average Bonchev–Trinajstić information content (AvgIpc) is 1.77. The average molecular weight is 191 g/mol. The molecule has 0 aromatic carbocycles. The van der Waals surface area contributed by atoms with E-state index in [4.69, 9.17) is 11.6 Å². The first-order valence-electron chi connectivity index (χ1n) is 1.97. The Labute approximate surface area is 60.9 Å². The monoisotopic (exact) mass is 190 g/mol. The molecule has 0 aromatic rings. The fraction of sp³-hybridized carbons (Fsp3) is 0. The molecule has 40 valence electrons. The number of hydrogen-bond acceptors (Lipinski definition) is 1. The standard InChI is InChI=1S/C5H2BrClN/c6-4-3-8-2-1-5(4)7/h2-3H/q+1. The van der Waals surface area contributed by atoms with Crippen LogP contribution < -0.4 is 0 Å². The van der Waals surface area contributed by atoms with Gasteiger partial charge in [0.15, 0.2) is 10.7 Å². The Morgan fingerprint density at radius 3 is 2.88 bits per heavy atom. The summed E-state index contributed by atoms with van der Waals surface area (Å²) in [7, 11) is 0. The summed E-state index contributed by atoms with van der Waals surface area (Å²) in [5, 5.41) is 0.569. The summed E-state index contributed by atoms with van der Waals surface area (Å²) in [6, 6.07) is 0. The van der Waals surface area contributed by atoms with Crippen molar-refractivity contribution in [2.75, 3.05) is 0 Å². The molecule has 0 unspecified atom stereocenters. The maximum atomic E-state index is 5.57. The van der Waals surface area contributed by atoms with Gasteiger partial charge in [0.2, 0.25) is 0 Å². The molecule has 1 nitrogen and oxygen atoms in total. The van der Waals surface area contributed by atoms with Crippen LogP contribution >= 0.6 is 27.5 Å². The molecule has 1 heterocycles. The summed E-state index contributed by atoms with van der Waals surface area (Å²) in [5.74, 6) is 0. The normalized spacial score (nSPS) is 16.8. The second-order valence-corrected chi connectivity index (χ2v) is 2.45. The van der Waals surface area contributed by atoms with Gasteiger partial charge in [0.05, 0.1) is 15.9 Å². The van der Waals surface area contributed by atoms with E-state index in [9.17, 15) is 0 Å². The fourth-order valence-electron chi connectivity index (χ4n) is 0.322. The van der Waals surface area contributed by atoms with Gasteiger partial charge in [-0.15, -0.1) is 0 Å². The Morgan fingerprint density at radius 2 is 2.50 bits per heavy atom. The third-order valence-corrected chi connectivity index (χ3v) is 1.81. The number of rotatable bonds is 0. The summed E-state index contributed by atoms with van der Waals surface area (Å²) in [5.41, 5.74) is 0. The van der Waals surface area contributed by atoms with Gasteiger partial charge in [0.1, 0.15) is 12.3 Å². The first-order valence-corrected chi connectivity index (χ1v) is 3.14. The topological polar surface area (TPSA) is 12.4 Å². The van der Waals surface area contributed by atoms with E-state index in [-0.39, 0.29) is 0 Å². The van der Waals surface area contributed by atoms with E-state index in [1.165, 1.54) is 6.20 Å². The van der Waals surface area contributed by atoms with Gasteiger partial charge in [-0.2, -0.15) is 0 Å². The van der Waals surface area contributed by atoms with Gasteiger partial charge < -0.3 is 0 Å². The zero-order valence-corrected chi connectivity index (χ0v) is 6.20. The van der Waals surface area contributed by atoms with Crippen molar-refractivity contribution >= 4 is 33.7 Å². The summed E-state index contributed by atoms with van der Waals surface area (Å²) in [6.45, 7) is 0. The Bertz CT molecular complexity index is 161. The van der Waals surface area contributed by atoms with Crippen molar-refractivity contribution in [3.05, 3.63) is 21.8 Å². The Kier molecular flexibility index (Phi) is 1.79. The van der Waals surface area contributed by atoms with Gasteiger partial charge in [0.25, 0.3) is 5.03 Å². The zero-order chi connectivity index (χ0) is 5.98. The van der Waals surface area contributed by atoms with Gasteiger partial charge in [-0.1, -0.05) is 0 Å². The molecule has 1 aliphatic heterocycles. The maximum absolute atomic E-state index is 5.57. The second-order valence-electron chi connectivity index (χ2n) is 1.21. The summed E-state index contributed by atoms with van der Waals surface area (Å²) in [4.78, 5) is 3.76. The van der Waals surface area contributed by atoms with Crippen molar-refractivity contribution < 1.29 is 0 Å². The van der Waals surface area contributed by atoms with E-state index in [1.54, 1.807) is 6.21 Å². The molecule has 8 heavy (non-hydrogen) atoms. The lowest BCUT2D eigenvalue weighted by molar-refractivity contribution is 1.52. The molecule has 0 radical (unpaired) electrons. The summed E-state index contributed by atoms with van der Waals surface area (Å²) >= 11 is 8.74. The summed E-state index contributed by atoms with van der Waals surface area (Å²) in [6.07, 6.45) is 5.85. The van der Waals surface area contributed by atoms with Crippen molar-refractivity contribution in [2.24, 2.45) is 4.99 Å². The zero-order valence-electron chi connectivity index (χ0n) is 3.86. The molecular formula is C5H2BrClN+. The number of halogens is 2. The smallest absolute Gasteiger partial charge is 0.210 e. The second kappa shape index (κ2) is 2.40. The molecular weight excluding hydrogens is 189 g/mol. The minimum absolute atomic E-state index is 0.569. The van der Waals surface area contributed by atoms with Gasteiger partial charge in [0, 0.05) is 0 Å². The van der Waals surface area contributed by atoms with Crippen molar-refractivity contribution in [1.82, 2.24) is 0 Å². The van der Waals surface area contributed by atoms with E-state index < -0.39 is 0 Å². The number of allylic oxidation sites excluding steroid dienone is 3. The van der Waals surface area contributed by atoms with Gasteiger partial charge in [-0.05, 0) is 11.6 Å². The van der Waals surface area contributed by atoms with Crippen LogP contribution in [0.25, 0.3) is 0 Å². The molecule has 0 spiro atoms. The molecule has 0 bridgehead atoms. The minimum atomic E-state index is 0.569. The lowest BCUT2D eigenvalue weighted by atomic mass is 10.4. The number of aliphatic imine (C=N–C) groups is 1. The van der Waals surface area contributed by atoms with E-state index in [2.05, 4.69) is 27.0 Å². The molecule has 0 saturated carbocycles. The van der Waals surface area contributed by atoms with Crippen LogP contribution in [-0.4, -0.2) is 6.21 Å². The van der Waals surface area contributed by atoms with Crippen LogP contribution in [0.5, 0.6) is 0 Å². The van der Waals surface area contributed by atoms with Crippen LogP contribution in [0.15, 0.2) is 20.7 Å². The first kappa shape index (κ1) is 5.96. The lowest BCUT2D eigenvalue weighted by Gasteiger charge is -1.80. The van der Waals surface area contributed by atoms with Gasteiger partial charge in [-0.3, -0.25) is 0 Å². The van der Waals surface area contributed by atoms with E-state index in [0.717, 1.165) is 4.48 Å². The van der Waals surface area contributed by atoms with E-state index >= 15 is 0 Å². The lowest BCUT2D eigenvalue weighted by Crippen LogP contribution is -1.80. The third-order valence-electron chi connectivity index (χ3n) is 0.663. The highest BCUT2D eigenvalue weighted by Gasteiger charge is 2.10. The molecule has 0 saturated heterocycles. The van der Waals surface area contributed by atoms with Crippen LogP contribution in [-0.2, 0) is 0 Å². The first-order chi connectivity index (χ1) is 3.80. The molecule has 0 N–H and O–H groups in total. The molecule has 0 amide bonds. The fourth-order valence-corrected chi connectivity index (χ4v) is 0.653. The highest BCUT2D eigenvalue weighted by atomic mass is 79.9. The third kappa shape index (κ3) is 1.16. The van der Waals surface area contributed by atoms with Crippen LogP contribution in [0.1, 0.15) is 0 Å². The minimum Gasteiger partial charge on any atom is -0.210 e. The molecule has 1 rings (SSSR count). The number of hydrogen-bond donors (Lipinski definition) is 0. The predicted octanol–water partition coefficient (Wildman–Crippen LogP) is 2.23. The Hall–Kier alpha value is -0.170. The molecule has 3 heteroatoms. The highest BCUT2D eigenvalue weighted by Crippen LogP contribution is 2.16. The largest absolute Gasteiger partial charge is 0.280 e. The van der Waals surface area contributed by atoms with Gasteiger partial charge in [-0.25, -0.2) is 4.99 Å². The van der Waals surface area contributed by atoms with Crippen LogP contribution in [0.2, 0.25) is 0 Å². The molecule has 1 aliphatic rings. The van der Waals surface area contributed by atoms with Crippen LogP contribution in [0, 0.1) is 6.08 Å². The molecule has 0 aliphatic carbocycles. The number of nitrogens with zero attached hydrogens (tertiary/aromatic N) is 1. The summed E-state index contributed by atoms with van der Waals surface area (Å²) < 4.78 is 0.779. The van der Waals surface area contributed by atoms with Crippen molar-refractivity contribution in [3.8, 4) is 0 Å². The van der Waals surface area contributed by atoms with Gasteiger partial charge >= 0.3 is 0 Å².